The smallest absolute Gasteiger partial charge is 0.00227 e. The van der Waals surface area contributed by atoms with Crippen LogP contribution < -0.4 is 5.32 Å². The Kier molecular flexibility index (Phi) is 7.18. The van der Waals surface area contributed by atoms with E-state index < -0.39 is 0 Å². The molecule has 0 heterocycles. The molecular weight excluding hydrogens is 154 g/mol. The topological polar surface area (TPSA) is 12.0 Å². The number of thiol groups is 1. The zero-order valence-electron chi connectivity index (χ0n) is 7.93. The second-order valence-electron chi connectivity index (χ2n) is 3.67. The van der Waals surface area contributed by atoms with Crippen LogP contribution in [-0.4, -0.2) is 18.8 Å². The number of nitrogens with one attached hydrogen (secondary N) is 1. The highest BCUT2D eigenvalue weighted by atomic mass is 32.1. The molecule has 0 amide bonds. The van der Waals surface area contributed by atoms with Crippen molar-refractivity contribution in [3.05, 3.63) is 0 Å². The van der Waals surface area contributed by atoms with Crippen LogP contribution in [0.3, 0.4) is 0 Å². The van der Waals surface area contributed by atoms with Crippen LogP contribution in [0, 0.1) is 11.8 Å². The van der Waals surface area contributed by atoms with Crippen molar-refractivity contribution in [1.82, 2.24) is 5.32 Å². The maximum atomic E-state index is 4.19. The Balaban J connectivity index is 3.10. The van der Waals surface area contributed by atoms with Crippen LogP contribution in [0.5, 0.6) is 0 Å². The van der Waals surface area contributed by atoms with E-state index in [2.05, 4.69) is 38.7 Å². The lowest BCUT2D eigenvalue weighted by Crippen LogP contribution is -2.25. The molecule has 1 unspecified atom stereocenters. The summed E-state index contributed by atoms with van der Waals surface area (Å²) in [6, 6.07) is 0. The first-order valence-electron chi connectivity index (χ1n) is 4.48. The predicted octanol–water partition coefficient (Wildman–Crippen LogP) is 2.19. The number of hydrogen-bond acceptors (Lipinski definition) is 2. The Morgan fingerprint density at radius 3 is 2.27 bits per heavy atom. The SMILES string of the molecule is CC(C)CNCC(C)CCS. The Morgan fingerprint density at radius 1 is 1.18 bits per heavy atom. The molecule has 68 valence electrons. The van der Waals surface area contributed by atoms with Gasteiger partial charge in [0, 0.05) is 0 Å². The standard InChI is InChI=1S/C9H21NS/c1-8(2)6-10-7-9(3)4-5-11/h8-11H,4-7H2,1-3H3. The molecule has 0 aliphatic carbocycles. The van der Waals surface area contributed by atoms with Gasteiger partial charge in [-0.15, -0.1) is 0 Å². The van der Waals surface area contributed by atoms with E-state index in [0.29, 0.717) is 0 Å². The summed E-state index contributed by atoms with van der Waals surface area (Å²) >= 11 is 4.19. The molecule has 0 saturated heterocycles. The van der Waals surface area contributed by atoms with E-state index in [1.54, 1.807) is 0 Å². The minimum atomic E-state index is 0.762. The van der Waals surface area contributed by atoms with Crippen LogP contribution in [0.4, 0.5) is 0 Å². The van der Waals surface area contributed by atoms with Gasteiger partial charge in [-0.1, -0.05) is 20.8 Å². The van der Waals surface area contributed by atoms with Gasteiger partial charge in [-0.05, 0) is 37.1 Å². The van der Waals surface area contributed by atoms with Crippen LogP contribution in [0.1, 0.15) is 27.2 Å². The highest BCUT2D eigenvalue weighted by molar-refractivity contribution is 7.80. The molecule has 1 N–H and O–H groups in total. The highest BCUT2D eigenvalue weighted by Gasteiger charge is 1.99. The average Bonchev–Trinajstić information content (AvgIpc) is 1.87. The summed E-state index contributed by atoms with van der Waals surface area (Å²) in [5.41, 5.74) is 0. The van der Waals surface area contributed by atoms with E-state index in [0.717, 1.165) is 30.7 Å². The third-order valence-electron chi connectivity index (χ3n) is 1.67. The molecule has 0 aliphatic rings. The molecule has 0 saturated carbocycles. The molecule has 1 atom stereocenters. The van der Waals surface area contributed by atoms with Gasteiger partial charge in [-0.3, -0.25) is 0 Å². The number of rotatable bonds is 6. The van der Waals surface area contributed by atoms with Crippen LogP contribution in [0.25, 0.3) is 0 Å². The largest absolute Gasteiger partial charge is 0.316 e. The minimum absolute atomic E-state index is 0.762. The van der Waals surface area contributed by atoms with E-state index in [4.69, 9.17) is 0 Å². The molecule has 11 heavy (non-hydrogen) atoms. The van der Waals surface area contributed by atoms with Gasteiger partial charge in [0.2, 0.25) is 0 Å². The van der Waals surface area contributed by atoms with Gasteiger partial charge in [0.1, 0.15) is 0 Å². The average molecular weight is 175 g/mol. The second-order valence-corrected chi connectivity index (χ2v) is 4.12. The van der Waals surface area contributed by atoms with Gasteiger partial charge >= 0.3 is 0 Å². The first-order valence-corrected chi connectivity index (χ1v) is 5.11. The van der Waals surface area contributed by atoms with Gasteiger partial charge in [0.15, 0.2) is 0 Å². The first-order chi connectivity index (χ1) is 5.16. The second kappa shape index (κ2) is 6.99. The van der Waals surface area contributed by atoms with E-state index in [1.165, 1.54) is 6.42 Å². The fraction of sp³-hybridized carbons (Fsp3) is 1.00. The quantitative estimate of drug-likeness (QED) is 0.590. The Morgan fingerprint density at radius 2 is 1.82 bits per heavy atom. The summed E-state index contributed by atoms with van der Waals surface area (Å²) in [5, 5.41) is 3.44. The van der Waals surface area contributed by atoms with Gasteiger partial charge in [-0.25, -0.2) is 0 Å². The van der Waals surface area contributed by atoms with E-state index in [1.807, 2.05) is 0 Å². The van der Waals surface area contributed by atoms with Crippen molar-refractivity contribution in [2.75, 3.05) is 18.8 Å². The predicted molar refractivity (Wildman–Crippen MR) is 55.3 cm³/mol. The lowest BCUT2D eigenvalue weighted by atomic mass is 10.1. The van der Waals surface area contributed by atoms with Crippen molar-refractivity contribution >= 4 is 12.6 Å². The molecule has 2 heteroatoms. The Labute approximate surface area is 76.4 Å². The zero-order chi connectivity index (χ0) is 8.69. The van der Waals surface area contributed by atoms with Crippen molar-refractivity contribution in [3.63, 3.8) is 0 Å². The Bertz CT molecular complexity index is 83.6. The van der Waals surface area contributed by atoms with Crippen LogP contribution in [0.2, 0.25) is 0 Å². The summed E-state index contributed by atoms with van der Waals surface area (Å²) in [6.07, 6.45) is 1.22. The fourth-order valence-corrected chi connectivity index (χ4v) is 1.38. The van der Waals surface area contributed by atoms with E-state index in [-0.39, 0.29) is 0 Å². The summed E-state index contributed by atoms with van der Waals surface area (Å²) in [6.45, 7) is 9.01. The molecule has 0 bridgehead atoms. The van der Waals surface area contributed by atoms with Crippen molar-refractivity contribution < 1.29 is 0 Å². The molecule has 0 aromatic heterocycles. The zero-order valence-corrected chi connectivity index (χ0v) is 8.82. The minimum Gasteiger partial charge on any atom is -0.316 e. The maximum absolute atomic E-state index is 4.19. The summed E-state index contributed by atoms with van der Waals surface area (Å²) in [5.74, 6) is 2.54. The molecule has 0 radical (unpaired) electrons. The van der Waals surface area contributed by atoms with Crippen molar-refractivity contribution in [3.8, 4) is 0 Å². The monoisotopic (exact) mass is 175 g/mol. The molecule has 0 rings (SSSR count). The third-order valence-corrected chi connectivity index (χ3v) is 1.93. The lowest BCUT2D eigenvalue weighted by molar-refractivity contribution is 0.469. The summed E-state index contributed by atoms with van der Waals surface area (Å²) < 4.78 is 0. The van der Waals surface area contributed by atoms with Gasteiger partial charge < -0.3 is 5.32 Å². The van der Waals surface area contributed by atoms with Crippen molar-refractivity contribution in [2.45, 2.75) is 27.2 Å². The Hall–Kier alpha value is 0.310. The number of hydrogen-bond donors (Lipinski definition) is 2. The van der Waals surface area contributed by atoms with Crippen LogP contribution in [0.15, 0.2) is 0 Å². The van der Waals surface area contributed by atoms with E-state index >= 15 is 0 Å². The molecule has 0 aliphatic heterocycles. The highest BCUT2D eigenvalue weighted by Crippen LogP contribution is 2.00. The van der Waals surface area contributed by atoms with E-state index in [9.17, 15) is 0 Å². The molecular formula is C9H21NS. The molecule has 1 nitrogen and oxygen atoms in total. The summed E-state index contributed by atoms with van der Waals surface area (Å²) in [4.78, 5) is 0. The van der Waals surface area contributed by atoms with Crippen LogP contribution in [-0.2, 0) is 0 Å². The molecule has 0 fully saturated rings. The van der Waals surface area contributed by atoms with Gasteiger partial charge in [0.25, 0.3) is 0 Å². The van der Waals surface area contributed by atoms with Gasteiger partial charge in [-0.2, -0.15) is 12.6 Å². The fourth-order valence-electron chi connectivity index (χ4n) is 0.941. The van der Waals surface area contributed by atoms with Crippen molar-refractivity contribution in [2.24, 2.45) is 11.8 Å². The molecule has 0 spiro atoms. The summed E-state index contributed by atoms with van der Waals surface area (Å²) in [7, 11) is 0. The van der Waals surface area contributed by atoms with Crippen LogP contribution >= 0.6 is 12.6 Å². The van der Waals surface area contributed by atoms with Crippen molar-refractivity contribution in [1.29, 1.82) is 0 Å². The lowest BCUT2D eigenvalue weighted by Gasteiger charge is -2.12. The molecule has 0 aromatic rings. The normalized spacial score (nSPS) is 13.9. The van der Waals surface area contributed by atoms with Gasteiger partial charge in [0.05, 0.1) is 0 Å². The first kappa shape index (κ1) is 11.3. The molecule has 0 aromatic carbocycles. The third kappa shape index (κ3) is 8.21. The maximum Gasteiger partial charge on any atom is -0.00227 e.